The normalized spacial score (nSPS) is 13.7. The Morgan fingerprint density at radius 1 is 0.855 bits per heavy atom. The number of rotatable bonds is 17. The fraction of sp³-hybridized carbons (Fsp3) is 0.196. The van der Waals surface area contributed by atoms with Crippen molar-refractivity contribution in [3.63, 3.8) is 0 Å². The summed E-state index contributed by atoms with van der Waals surface area (Å²) in [7, 11) is -4.30. The molecule has 0 spiro atoms. The van der Waals surface area contributed by atoms with E-state index in [1.807, 2.05) is 84.9 Å². The zero-order valence-electron chi connectivity index (χ0n) is 33.6. The number of anilines is 4. The van der Waals surface area contributed by atoms with Crippen molar-refractivity contribution < 1.29 is 13.3 Å². The maximum absolute atomic E-state index is 13.8. The van der Waals surface area contributed by atoms with Crippen LogP contribution in [0.4, 0.5) is 28.6 Å². The molecule has 5 aromatic carbocycles. The van der Waals surface area contributed by atoms with Gasteiger partial charge in [0.15, 0.2) is 5.82 Å². The second-order valence-corrected chi connectivity index (χ2v) is 18.0. The van der Waals surface area contributed by atoms with Crippen LogP contribution in [0.25, 0.3) is 22.0 Å². The predicted molar refractivity (Wildman–Crippen MR) is 250 cm³/mol. The molecule has 0 radical (unpaired) electrons. The van der Waals surface area contributed by atoms with Crippen LogP contribution in [0.15, 0.2) is 156 Å². The fourth-order valence-electron chi connectivity index (χ4n) is 7.45. The minimum Gasteiger partial charge on any atom is -0.384 e. The van der Waals surface area contributed by atoms with Crippen LogP contribution in [-0.2, 0) is 16.6 Å². The van der Waals surface area contributed by atoms with Crippen molar-refractivity contribution in [1.82, 2.24) is 19.9 Å². The average Bonchev–Trinajstić information content (AvgIpc) is 3.29. The quantitative estimate of drug-likeness (QED) is 0.0453. The Bertz CT molecular complexity index is 2750. The number of nitrogens with one attached hydrogen (secondary N) is 3. The molecule has 1 aliphatic rings. The van der Waals surface area contributed by atoms with E-state index in [1.54, 1.807) is 30.2 Å². The molecule has 7 aromatic rings. The van der Waals surface area contributed by atoms with Gasteiger partial charge in [-0.2, -0.15) is 0 Å². The third kappa shape index (κ3) is 10.6. The lowest BCUT2D eigenvalue weighted by Gasteiger charge is -2.36. The standard InChI is InChI=1S/C46H44ClN9O4S2/c47-35-13-16-41(33-8-3-1-4-9-33)34(26-35)30-54-22-24-55(25-23-54)38-14-17-42-44(27-38)50-32-51-46(42)53-62(59,60)40-15-18-43(45(28-40)56(57)58)52-37(31-61-39-11-5-2-6-12-39)19-21-49-36-10-7-20-48-29-36/h1-18,20,26-29,32,37,49,52H,19,21-25,30-31H2,(H,50,51,53). The van der Waals surface area contributed by atoms with Crippen LogP contribution in [0, 0.1) is 10.1 Å². The number of thioether (sulfide) groups is 1. The number of nitro benzene ring substituents is 1. The molecule has 0 saturated carbocycles. The lowest BCUT2D eigenvalue weighted by atomic mass is 9.99. The van der Waals surface area contributed by atoms with Gasteiger partial charge in [-0.3, -0.25) is 24.7 Å². The van der Waals surface area contributed by atoms with E-state index < -0.39 is 14.9 Å². The summed E-state index contributed by atoms with van der Waals surface area (Å²) in [6.07, 6.45) is 5.36. The van der Waals surface area contributed by atoms with Crippen molar-refractivity contribution >= 4 is 72.9 Å². The topological polar surface area (TPSA) is 159 Å². The molecule has 2 aromatic heterocycles. The molecule has 1 aliphatic heterocycles. The van der Waals surface area contributed by atoms with Crippen LogP contribution in [0.2, 0.25) is 5.02 Å². The summed E-state index contributed by atoms with van der Waals surface area (Å²) >= 11 is 8.06. The van der Waals surface area contributed by atoms with Gasteiger partial charge < -0.3 is 15.5 Å². The van der Waals surface area contributed by atoms with Crippen molar-refractivity contribution in [3.8, 4) is 11.1 Å². The molecule has 8 rings (SSSR count). The minimum atomic E-state index is -4.30. The van der Waals surface area contributed by atoms with Gasteiger partial charge in [0.25, 0.3) is 15.7 Å². The number of pyridine rings is 1. The van der Waals surface area contributed by atoms with Gasteiger partial charge >= 0.3 is 0 Å². The first-order valence-corrected chi connectivity index (χ1v) is 23.0. The van der Waals surface area contributed by atoms with Gasteiger partial charge in [0, 0.05) is 90.5 Å². The van der Waals surface area contributed by atoms with E-state index in [9.17, 15) is 18.5 Å². The Kier molecular flexibility index (Phi) is 13.4. The Morgan fingerprint density at radius 3 is 2.40 bits per heavy atom. The van der Waals surface area contributed by atoms with Gasteiger partial charge in [0.05, 0.1) is 21.0 Å². The third-order valence-electron chi connectivity index (χ3n) is 10.6. The fourth-order valence-corrected chi connectivity index (χ4v) is 9.68. The Hall–Kier alpha value is -6.26. The second-order valence-electron chi connectivity index (χ2n) is 14.8. The van der Waals surface area contributed by atoms with Crippen LogP contribution < -0.4 is 20.3 Å². The summed E-state index contributed by atoms with van der Waals surface area (Å²) in [6, 6.07) is 39.4. The van der Waals surface area contributed by atoms with E-state index in [-0.39, 0.29) is 28.1 Å². The number of hydrogen-bond acceptors (Lipinski definition) is 12. The molecule has 1 saturated heterocycles. The molecule has 0 aliphatic carbocycles. The van der Waals surface area contributed by atoms with Crippen LogP contribution in [0.1, 0.15) is 12.0 Å². The van der Waals surface area contributed by atoms with Crippen LogP contribution in [-0.4, -0.2) is 77.7 Å². The maximum atomic E-state index is 13.8. The molecule has 0 bridgehead atoms. The molecular formula is C46H44ClN9O4S2. The smallest absolute Gasteiger partial charge is 0.293 e. The zero-order valence-corrected chi connectivity index (χ0v) is 36.0. The molecule has 13 nitrogen and oxygen atoms in total. The number of nitro groups is 1. The molecule has 1 fully saturated rings. The van der Waals surface area contributed by atoms with Crippen molar-refractivity contribution in [2.45, 2.75) is 28.8 Å². The summed E-state index contributed by atoms with van der Waals surface area (Å²) in [5.74, 6) is 0.682. The molecule has 316 valence electrons. The third-order valence-corrected chi connectivity index (χ3v) is 13.4. The summed E-state index contributed by atoms with van der Waals surface area (Å²) in [5, 5.41) is 20.3. The largest absolute Gasteiger partial charge is 0.384 e. The van der Waals surface area contributed by atoms with E-state index in [0.717, 1.165) is 60.6 Å². The summed E-state index contributed by atoms with van der Waals surface area (Å²) in [4.78, 5) is 30.2. The number of fused-ring (bicyclic) bond motifs is 1. The van der Waals surface area contributed by atoms with Gasteiger partial charge in [0.1, 0.15) is 12.0 Å². The highest BCUT2D eigenvalue weighted by molar-refractivity contribution is 7.99. The highest BCUT2D eigenvalue weighted by atomic mass is 35.5. The van der Waals surface area contributed by atoms with Crippen molar-refractivity contribution in [2.24, 2.45) is 0 Å². The summed E-state index contributed by atoms with van der Waals surface area (Å²) < 4.78 is 30.2. The molecule has 16 heteroatoms. The molecule has 1 atom stereocenters. The number of sulfonamides is 1. The Morgan fingerprint density at radius 2 is 1.65 bits per heavy atom. The van der Waals surface area contributed by atoms with E-state index in [2.05, 4.69) is 58.3 Å². The van der Waals surface area contributed by atoms with E-state index in [4.69, 9.17) is 11.6 Å². The first kappa shape index (κ1) is 42.4. The molecule has 62 heavy (non-hydrogen) atoms. The number of benzene rings is 5. The molecule has 1 unspecified atom stereocenters. The highest BCUT2D eigenvalue weighted by Gasteiger charge is 2.25. The van der Waals surface area contributed by atoms with Gasteiger partial charge in [-0.05, 0) is 89.8 Å². The lowest BCUT2D eigenvalue weighted by molar-refractivity contribution is -0.384. The molecular weight excluding hydrogens is 842 g/mol. The number of aromatic nitrogens is 3. The van der Waals surface area contributed by atoms with E-state index in [1.165, 1.54) is 29.6 Å². The lowest BCUT2D eigenvalue weighted by Crippen LogP contribution is -2.46. The molecule has 0 amide bonds. The molecule has 3 N–H and O–H groups in total. The number of halogens is 1. The van der Waals surface area contributed by atoms with Gasteiger partial charge in [0.2, 0.25) is 0 Å². The van der Waals surface area contributed by atoms with Gasteiger partial charge in [-0.1, -0.05) is 66.2 Å². The van der Waals surface area contributed by atoms with Gasteiger partial charge in [-0.15, -0.1) is 11.8 Å². The average molecular weight is 887 g/mol. The van der Waals surface area contributed by atoms with Crippen molar-refractivity contribution in [3.05, 3.63) is 167 Å². The Labute approximate surface area is 369 Å². The van der Waals surface area contributed by atoms with E-state index >= 15 is 0 Å². The second kappa shape index (κ2) is 19.6. The number of piperazine rings is 1. The SMILES string of the molecule is O=[N+]([O-])c1cc(S(=O)(=O)Nc2ncnc3cc(N4CCN(Cc5cc(Cl)ccc5-c5ccccc5)CC4)ccc23)ccc1NC(CCNc1cccnc1)CSc1ccccc1. The Balaban J connectivity index is 0.939. The number of nitrogens with zero attached hydrogens (tertiary/aromatic N) is 6. The van der Waals surface area contributed by atoms with Gasteiger partial charge in [-0.25, -0.2) is 18.4 Å². The maximum Gasteiger partial charge on any atom is 0.293 e. The number of hydrogen-bond donors (Lipinski definition) is 3. The van der Waals surface area contributed by atoms with Crippen molar-refractivity contribution in [2.75, 3.05) is 58.7 Å². The minimum absolute atomic E-state index is 0.0751. The first-order chi connectivity index (χ1) is 30.2. The first-order valence-electron chi connectivity index (χ1n) is 20.1. The molecule has 3 heterocycles. The summed E-state index contributed by atoms with van der Waals surface area (Å²) in [6.45, 7) is 4.60. The van der Waals surface area contributed by atoms with E-state index in [0.29, 0.717) is 34.6 Å². The van der Waals surface area contributed by atoms with Crippen LogP contribution >= 0.6 is 23.4 Å². The van der Waals surface area contributed by atoms with Crippen molar-refractivity contribution in [1.29, 1.82) is 0 Å². The predicted octanol–water partition coefficient (Wildman–Crippen LogP) is 9.45. The van der Waals surface area contributed by atoms with Crippen LogP contribution in [0.5, 0.6) is 0 Å². The summed E-state index contributed by atoms with van der Waals surface area (Å²) in [5.41, 5.74) is 5.76. The van der Waals surface area contributed by atoms with Crippen LogP contribution in [0.3, 0.4) is 0 Å². The monoisotopic (exact) mass is 885 g/mol. The highest BCUT2D eigenvalue weighted by Crippen LogP contribution is 2.33. The zero-order chi connectivity index (χ0) is 42.9.